The molecule has 20 heavy (non-hydrogen) atoms. The Labute approximate surface area is 128 Å². The van der Waals surface area contributed by atoms with Crippen molar-refractivity contribution in [3.8, 4) is 0 Å². The van der Waals surface area contributed by atoms with Crippen molar-refractivity contribution in [2.24, 2.45) is 11.1 Å². The first-order valence-corrected chi connectivity index (χ1v) is 8.11. The fourth-order valence-electron chi connectivity index (χ4n) is 1.76. The maximum atomic E-state index is 12.3. The van der Waals surface area contributed by atoms with Crippen LogP contribution in [-0.2, 0) is 10.0 Å². The van der Waals surface area contributed by atoms with E-state index >= 15 is 0 Å². The Bertz CT molecular complexity index is 630. The number of benzene rings is 1. The van der Waals surface area contributed by atoms with Crippen molar-refractivity contribution in [1.29, 1.82) is 0 Å². The van der Waals surface area contributed by atoms with E-state index in [0.717, 1.165) is 6.07 Å². The predicted molar refractivity (Wildman–Crippen MR) is 79.6 cm³/mol. The van der Waals surface area contributed by atoms with Crippen molar-refractivity contribution in [2.45, 2.75) is 18.7 Å². The Balaban J connectivity index is 3.33. The first-order valence-electron chi connectivity index (χ1n) is 5.81. The minimum atomic E-state index is -4.05. The Hall–Kier alpha value is -0.820. The summed E-state index contributed by atoms with van der Waals surface area (Å²) >= 11 is 11.8. The van der Waals surface area contributed by atoms with Gasteiger partial charge in [-0.3, -0.25) is 4.79 Å². The number of rotatable bonds is 4. The highest BCUT2D eigenvalue weighted by Gasteiger charge is 2.23. The second-order valence-corrected chi connectivity index (χ2v) is 7.23. The Morgan fingerprint density at radius 1 is 1.35 bits per heavy atom. The zero-order valence-corrected chi connectivity index (χ0v) is 13.7. The minimum absolute atomic E-state index is 0.0198. The second-order valence-electron chi connectivity index (χ2n) is 4.89. The molecule has 1 aromatic carbocycles. The maximum Gasteiger partial charge on any atom is 0.255 e. The van der Waals surface area contributed by atoms with E-state index in [-0.39, 0.29) is 26.4 Å². The number of primary sulfonamides is 1. The summed E-state index contributed by atoms with van der Waals surface area (Å²) in [5, 5.41) is 4.93. The summed E-state index contributed by atoms with van der Waals surface area (Å²) in [5.41, 5.74) is 0.0198. The molecule has 0 aliphatic carbocycles. The third-order valence-corrected chi connectivity index (χ3v) is 4.20. The topological polar surface area (TPSA) is 80.5 Å². The molecule has 8 heteroatoms. The molecule has 0 heterocycles. The summed E-state index contributed by atoms with van der Waals surface area (Å²) < 4.78 is 22.9. The molecule has 1 aromatic rings. The van der Waals surface area contributed by atoms with Crippen LogP contribution in [0.4, 0.5) is 0 Å². The molecule has 0 saturated heterocycles. The van der Waals surface area contributed by atoms with Crippen LogP contribution in [0.2, 0.25) is 10.0 Å². The molecular formula is C12H16Cl2N2O3S. The van der Waals surface area contributed by atoms with Crippen LogP contribution in [0.15, 0.2) is 17.0 Å². The molecule has 0 bridgehead atoms. The summed E-state index contributed by atoms with van der Waals surface area (Å²) in [4.78, 5) is 13.4. The van der Waals surface area contributed by atoms with Crippen molar-refractivity contribution in [3.63, 3.8) is 0 Å². The lowest BCUT2D eigenvalue weighted by Gasteiger charge is -2.20. The van der Waals surface area contributed by atoms with Gasteiger partial charge in [-0.1, -0.05) is 37.0 Å². The largest absolute Gasteiger partial charge is 0.341 e. The molecule has 0 spiro atoms. The van der Waals surface area contributed by atoms with E-state index in [1.165, 1.54) is 11.0 Å². The van der Waals surface area contributed by atoms with Gasteiger partial charge in [0.25, 0.3) is 5.91 Å². The van der Waals surface area contributed by atoms with Crippen LogP contribution in [0.5, 0.6) is 0 Å². The average Bonchev–Trinajstić information content (AvgIpc) is 2.28. The number of hydrogen-bond acceptors (Lipinski definition) is 3. The summed E-state index contributed by atoms with van der Waals surface area (Å²) in [6, 6.07) is 2.45. The van der Waals surface area contributed by atoms with E-state index in [1.54, 1.807) is 7.05 Å². The van der Waals surface area contributed by atoms with E-state index in [1.807, 2.05) is 13.8 Å². The number of sulfonamides is 1. The van der Waals surface area contributed by atoms with Crippen LogP contribution in [0.25, 0.3) is 0 Å². The van der Waals surface area contributed by atoms with Crippen molar-refractivity contribution in [3.05, 3.63) is 27.7 Å². The van der Waals surface area contributed by atoms with E-state index in [9.17, 15) is 13.2 Å². The lowest BCUT2D eigenvalue weighted by atomic mass is 10.1. The third-order valence-electron chi connectivity index (χ3n) is 2.53. The molecule has 5 nitrogen and oxygen atoms in total. The van der Waals surface area contributed by atoms with Gasteiger partial charge in [0.1, 0.15) is 4.90 Å². The number of nitrogens with zero attached hydrogens (tertiary/aromatic N) is 1. The van der Waals surface area contributed by atoms with Gasteiger partial charge in [-0.2, -0.15) is 0 Å². The van der Waals surface area contributed by atoms with Crippen molar-refractivity contribution in [1.82, 2.24) is 4.90 Å². The maximum absolute atomic E-state index is 12.3. The van der Waals surface area contributed by atoms with Crippen molar-refractivity contribution >= 4 is 39.1 Å². The third kappa shape index (κ3) is 4.09. The molecule has 0 unspecified atom stereocenters. The minimum Gasteiger partial charge on any atom is -0.341 e. The van der Waals surface area contributed by atoms with Crippen LogP contribution in [0, 0.1) is 5.92 Å². The highest BCUT2D eigenvalue weighted by molar-refractivity contribution is 7.89. The van der Waals surface area contributed by atoms with Gasteiger partial charge in [-0.25, -0.2) is 13.6 Å². The standard InChI is InChI=1S/C12H16Cl2N2O3S/c1-7(2)6-16(3)12(17)9-4-8(13)5-10(11(9)14)20(15,18)19/h4-5,7H,6H2,1-3H3,(H2,15,18,19). The van der Waals surface area contributed by atoms with Gasteiger partial charge in [0.05, 0.1) is 10.6 Å². The van der Waals surface area contributed by atoms with E-state index in [4.69, 9.17) is 28.3 Å². The highest BCUT2D eigenvalue weighted by Crippen LogP contribution is 2.29. The molecule has 1 rings (SSSR count). The van der Waals surface area contributed by atoms with E-state index in [0.29, 0.717) is 6.54 Å². The van der Waals surface area contributed by atoms with Crippen molar-refractivity contribution in [2.75, 3.05) is 13.6 Å². The molecular weight excluding hydrogens is 323 g/mol. The number of halogens is 2. The molecule has 2 N–H and O–H groups in total. The fourth-order valence-corrected chi connectivity index (χ4v) is 3.21. The molecule has 112 valence electrons. The molecule has 0 aliphatic rings. The number of carbonyl (C=O) groups is 1. The highest BCUT2D eigenvalue weighted by atomic mass is 35.5. The number of nitrogens with two attached hydrogens (primary N) is 1. The van der Waals surface area contributed by atoms with Crippen LogP contribution in [0.1, 0.15) is 24.2 Å². The Kier molecular flexibility index (Phi) is 5.43. The van der Waals surface area contributed by atoms with Gasteiger partial charge in [0.15, 0.2) is 0 Å². The first kappa shape index (κ1) is 17.2. The zero-order chi connectivity index (χ0) is 15.7. The molecule has 0 atom stereocenters. The van der Waals surface area contributed by atoms with Gasteiger partial charge < -0.3 is 4.90 Å². The average molecular weight is 339 g/mol. The first-order chi connectivity index (χ1) is 9.04. The quantitative estimate of drug-likeness (QED) is 0.914. The summed E-state index contributed by atoms with van der Waals surface area (Å²) in [6.45, 7) is 4.42. The van der Waals surface area contributed by atoms with E-state index < -0.39 is 15.9 Å². The SMILES string of the molecule is CC(C)CN(C)C(=O)c1cc(Cl)cc(S(N)(=O)=O)c1Cl. The lowest BCUT2D eigenvalue weighted by Crippen LogP contribution is -2.30. The van der Waals surface area contributed by atoms with Gasteiger partial charge in [-0.05, 0) is 18.1 Å². The van der Waals surface area contributed by atoms with Crippen LogP contribution < -0.4 is 5.14 Å². The normalized spacial score (nSPS) is 11.8. The number of carbonyl (C=O) groups excluding carboxylic acids is 1. The molecule has 0 saturated carbocycles. The Morgan fingerprint density at radius 3 is 2.35 bits per heavy atom. The summed E-state index contributed by atoms with van der Waals surface area (Å²) in [6.07, 6.45) is 0. The summed E-state index contributed by atoms with van der Waals surface area (Å²) in [5.74, 6) is -0.143. The monoisotopic (exact) mass is 338 g/mol. The van der Waals surface area contributed by atoms with Gasteiger partial charge in [0, 0.05) is 18.6 Å². The van der Waals surface area contributed by atoms with Crippen LogP contribution >= 0.6 is 23.2 Å². The second kappa shape index (κ2) is 6.30. The summed E-state index contributed by atoms with van der Waals surface area (Å²) in [7, 11) is -2.44. The van der Waals surface area contributed by atoms with Gasteiger partial charge in [0.2, 0.25) is 10.0 Å². The lowest BCUT2D eigenvalue weighted by molar-refractivity contribution is 0.0779. The number of amides is 1. The van der Waals surface area contributed by atoms with Crippen LogP contribution in [-0.4, -0.2) is 32.8 Å². The fraction of sp³-hybridized carbons (Fsp3) is 0.417. The zero-order valence-electron chi connectivity index (χ0n) is 11.4. The number of hydrogen-bond donors (Lipinski definition) is 1. The molecule has 0 fully saturated rings. The van der Waals surface area contributed by atoms with Gasteiger partial charge in [-0.15, -0.1) is 0 Å². The van der Waals surface area contributed by atoms with Crippen molar-refractivity contribution < 1.29 is 13.2 Å². The molecule has 1 amide bonds. The molecule has 0 aliphatic heterocycles. The van der Waals surface area contributed by atoms with Crippen LogP contribution in [0.3, 0.4) is 0 Å². The smallest absolute Gasteiger partial charge is 0.255 e. The Morgan fingerprint density at radius 2 is 1.90 bits per heavy atom. The molecule has 0 aromatic heterocycles. The molecule has 0 radical (unpaired) electrons. The predicted octanol–water partition coefficient (Wildman–Crippen LogP) is 2.37. The van der Waals surface area contributed by atoms with Gasteiger partial charge >= 0.3 is 0 Å². The van der Waals surface area contributed by atoms with E-state index in [2.05, 4.69) is 0 Å².